The molecule has 41 heavy (non-hydrogen) atoms. The van der Waals surface area contributed by atoms with Gasteiger partial charge >= 0.3 is 0 Å². The van der Waals surface area contributed by atoms with Crippen molar-refractivity contribution in [3.05, 3.63) is 88.3 Å². The van der Waals surface area contributed by atoms with Gasteiger partial charge < -0.3 is 15.0 Å². The summed E-state index contributed by atoms with van der Waals surface area (Å²) in [6.45, 7) is 17.3. The van der Waals surface area contributed by atoms with Gasteiger partial charge in [0.15, 0.2) is 0 Å². The number of carbonyl (C=O) groups is 1. The summed E-state index contributed by atoms with van der Waals surface area (Å²) >= 11 is 6.34. The second-order valence-corrected chi connectivity index (χ2v) is 12.0. The number of piperazine rings is 1. The fourth-order valence-electron chi connectivity index (χ4n) is 4.81. The lowest BCUT2D eigenvalue weighted by atomic mass is 10.00. The second-order valence-electron chi connectivity index (χ2n) is 11.5. The van der Waals surface area contributed by atoms with E-state index in [2.05, 4.69) is 40.5 Å². The number of ether oxygens (including phenoxy) is 1. The Hall–Kier alpha value is -3.11. The number of halogens is 2. The van der Waals surface area contributed by atoms with Crippen LogP contribution in [0.1, 0.15) is 57.2 Å². The molecule has 0 bridgehead atoms. The van der Waals surface area contributed by atoms with Crippen LogP contribution in [0.2, 0.25) is 5.02 Å². The van der Waals surface area contributed by atoms with Crippen LogP contribution in [0.5, 0.6) is 0 Å². The van der Waals surface area contributed by atoms with Crippen molar-refractivity contribution in [2.24, 2.45) is 5.92 Å². The molecule has 7 heteroatoms. The molecule has 0 spiro atoms. The topological polar surface area (TPSA) is 44.8 Å². The summed E-state index contributed by atoms with van der Waals surface area (Å²) < 4.78 is 19.2. The third kappa shape index (κ3) is 11.4. The number of nitrogens with one attached hydrogen (secondary N) is 1. The zero-order valence-electron chi connectivity index (χ0n) is 24.8. The number of hydrogen-bond donors (Lipinski definition) is 1. The van der Waals surface area contributed by atoms with E-state index in [0.717, 1.165) is 67.8 Å². The van der Waals surface area contributed by atoms with Crippen molar-refractivity contribution in [2.75, 3.05) is 32.8 Å². The minimum absolute atomic E-state index is 0.0719. The first kappa shape index (κ1) is 32.4. The highest BCUT2D eigenvalue weighted by atomic mass is 35.5. The molecule has 1 saturated heterocycles. The fraction of sp³-hybridized carbons (Fsp3) is 0.441. The molecule has 2 aromatic rings. The minimum atomic E-state index is -0.209. The molecule has 0 saturated carbocycles. The summed E-state index contributed by atoms with van der Waals surface area (Å²) in [7, 11) is 0. The quantitative estimate of drug-likeness (QED) is 0.135. The highest BCUT2D eigenvalue weighted by Gasteiger charge is 2.23. The SMILES string of the molecule is C=C(/C=C/c1ccc(Cl)cc1C#CC(CCNC=O)CCOC(C)(C)C)N1CCN(Cc2ccc(F)cc2)CC1C. The molecule has 0 aliphatic carbocycles. The zero-order chi connectivity index (χ0) is 29.8. The van der Waals surface area contributed by atoms with Crippen molar-refractivity contribution in [3.63, 3.8) is 0 Å². The molecule has 1 heterocycles. The van der Waals surface area contributed by atoms with Crippen molar-refractivity contribution in [3.8, 4) is 11.8 Å². The van der Waals surface area contributed by atoms with Crippen molar-refractivity contribution < 1.29 is 13.9 Å². The number of amides is 1. The normalized spacial score (nSPS) is 16.7. The average molecular weight is 580 g/mol. The van der Waals surface area contributed by atoms with Crippen LogP contribution in [-0.4, -0.2) is 60.6 Å². The molecule has 1 aliphatic rings. The highest BCUT2D eigenvalue weighted by molar-refractivity contribution is 6.30. The summed E-state index contributed by atoms with van der Waals surface area (Å²) in [5, 5.41) is 3.37. The Morgan fingerprint density at radius 1 is 1.22 bits per heavy atom. The van der Waals surface area contributed by atoms with Gasteiger partial charge in [0, 0.05) is 67.6 Å². The van der Waals surface area contributed by atoms with Crippen molar-refractivity contribution >= 4 is 24.1 Å². The molecule has 2 atom stereocenters. The lowest BCUT2D eigenvalue weighted by Gasteiger charge is -2.41. The van der Waals surface area contributed by atoms with Gasteiger partial charge in [-0.1, -0.05) is 54.3 Å². The van der Waals surface area contributed by atoms with Crippen molar-refractivity contribution in [1.82, 2.24) is 15.1 Å². The maximum absolute atomic E-state index is 13.3. The molecule has 1 aliphatic heterocycles. The van der Waals surface area contributed by atoms with Crippen LogP contribution in [0.4, 0.5) is 4.39 Å². The Bertz CT molecular complexity index is 1240. The van der Waals surface area contributed by atoms with Crippen molar-refractivity contribution in [1.29, 1.82) is 0 Å². The van der Waals surface area contributed by atoms with Gasteiger partial charge in [0.2, 0.25) is 6.41 Å². The van der Waals surface area contributed by atoms with Gasteiger partial charge in [-0.05, 0) is 82.0 Å². The van der Waals surface area contributed by atoms with Gasteiger partial charge in [-0.2, -0.15) is 0 Å². The Balaban J connectivity index is 1.65. The van der Waals surface area contributed by atoms with E-state index < -0.39 is 0 Å². The largest absolute Gasteiger partial charge is 0.376 e. The molecule has 1 N–H and O–H groups in total. The molecule has 1 amide bonds. The molecular weight excluding hydrogens is 537 g/mol. The van der Waals surface area contributed by atoms with E-state index in [4.69, 9.17) is 16.3 Å². The van der Waals surface area contributed by atoms with Crippen molar-refractivity contribution in [2.45, 2.75) is 58.7 Å². The van der Waals surface area contributed by atoms with Gasteiger partial charge in [0.1, 0.15) is 5.82 Å². The first-order valence-electron chi connectivity index (χ1n) is 14.3. The predicted octanol–water partition coefficient (Wildman–Crippen LogP) is 6.52. The summed E-state index contributed by atoms with van der Waals surface area (Å²) in [6.07, 6.45) is 6.33. The van der Waals surface area contributed by atoms with Gasteiger partial charge in [-0.3, -0.25) is 9.69 Å². The van der Waals surface area contributed by atoms with Gasteiger partial charge in [-0.25, -0.2) is 4.39 Å². The lowest BCUT2D eigenvalue weighted by Crippen LogP contribution is -2.50. The zero-order valence-corrected chi connectivity index (χ0v) is 25.5. The van der Waals surface area contributed by atoms with E-state index >= 15 is 0 Å². The van der Waals surface area contributed by atoms with E-state index in [1.807, 2.05) is 63.3 Å². The van der Waals surface area contributed by atoms with Crippen LogP contribution in [0, 0.1) is 23.6 Å². The van der Waals surface area contributed by atoms with E-state index in [1.165, 1.54) is 12.1 Å². The Kier molecular flexibility index (Phi) is 12.5. The first-order chi connectivity index (χ1) is 19.5. The number of rotatable bonds is 12. The molecule has 0 aromatic heterocycles. The first-order valence-corrected chi connectivity index (χ1v) is 14.6. The van der Waals surface area contributed by atoms with Crippen LogP contribution in [0.3, 0.4) is 0 Å². The molecule has 0 radical (unpaired) electrons. The van der Waals surface area contributed by atoms with Gasteiger partial charge in [-0.15, -0.1) is 0 Å². The summed E-state index contributed by atoms with van der Waals surface area (Å²) in [6, 6.07) is 12.8. The smallest absolute Gasteiger partial charge is 0.207 e. The molecule has 2 aromatic carbocycles. The Labute approximate surface area is 250 Å². The van der Waals surface area contributed by atoms with Gasteiger partial charge in [0.05, 0.1) is 5.60 Å². The van der Waals surface area contributed by atoms with Crippen LogP contribution in [-0.2, 0) is 16.1 Å². The van der Waals surface area contributed by atoms with Crippen LogP contribution in [0.15, 0.2) is 60.8 Å². The summed E-state index contributed by atoms with van der Waals surface area (Å²) in [4.78, 5) is 15.5. The second kappa shape index (κ2) is 15.8. The van der Waals surface area contributed by atoms with Gasteiger partial charge in [0.25, 0.3) is 0 Å². The average Bonchev–Trinajstić information content (AvgIpc) is 2.91. The maximum atomic E-state index is 13.3. The highest BCUT2D eigenvalue weighted by Crippen LogP contribution is 2.22. The predicted molar refractivity (Wildman–Crippen MR) is 167 cm³/mol. The fourth-order valence-corrected chi connectivity index (χ4v) is 4.98. The van der Waals surface area contributed by atoms with E-state index in [0.29, 0.717) is 24.2 Å². The van der Waals surface area contributed by atoms with E-state index in [1.54, 1.807) is 0 Å². The lowest BCUT2D eigenvalue weighted by molar-refractivity contribution is -0.109. The maximum Gasteiger partial charge on any atom is 0.207 e. The summed E-state index contributed by atoms with van der Waals surface area (Å²) in [5.41, 5.74) is 3.68. The standard InChI is InChI=1S/C34H43ClFN3O2/c1-26(39-20-19-38(23-27(39)2)24-29-8-14-33(36)15-9-29)6-10-30-12-13-32(35)22-31(30)11-7-28(16-18-37-25-40)17-21-41-34(3,4)5/h6,8-10,12-15,22,25,27-28H,1,16-21,23-24H2,2-5H3,(H,37,40)/b10-6+. The van der Waals surface area contributed by atoms with Crippen LogP contribution in [0.25, 0.3) is 6.08 Å². The minimum Gasteiger partial charge on any atom is -0.376 e. The van der Waals surface area contributed by atoms with E-state index in [-0.39, 0.29) is 17.3 Å². The number of hydrogen-bond acceptors (Lipinski definition) is 4. The molecule has 220 valence electrons. The third-order valence-electron chi connectivity index (χ3n) is 7.00. The van der Waals surface area contributed by atoms with Crippen LogP contribution < -0.4 is 5.32 Å². The molecule has 5 nitrogen and oxygen atoms in total. The number of carbonyl (C=O) groups excluding carboxylic acids is 1. The van der Waals surface area contributed by atoms with Crippen LogP contribution >= 0.6 is 11.6 Å². The number of benzene rings is 2. The third-order valence-corrected chi connectivity index (χ3v) is 7.24. The molecule has 1 fully saturated rings. The molecule has 3 rings (SSSR count). The summed E-state index contributed by atoms with van der Waals surface area (Å²) in [5.74, 6) is 6.61. The number of allylic oxidation sites excluding steroid dienone is 1. The Morgan fingerprint density at radius 3 is 2.66 bits per heavy atom. The molecule has 2 unspecified atom stereocenters. The Morgan fingerprint density at radius 2 is 1.98 bits per heavy atom. The molecular formula is C34H43ClFN3O2. The number of nitrogens with zero attached hydrogens (tertiary/aromatic N) is 2. The van der Waals surface area contributed by atoms with E-state index in [9.17, 15) is 9.18 Å². The monoisotopic (exact) mass is 579 g/mol.